The van der Waals surface area contributed by atoms with Crippen LogP contribution in [0.25, 0.3) is 0 Å². The molecule has 5 nitrogen and oxygen atoms in total. The smallest absolute Gasteiger partial charge is 0.294 e. The molecule has 0 unspecified atom stereocenters. The molecule has 28 heavy (non-hydrogen) atoms. The number of anilines is 1. The number of nitrogens with one attached hydrogen (secondary N) is 1. The van der Waals surface area contributed by atoms with Crippen LogP contribution < -0.4 is 10.1 Å². The number of benzene rings is 3. The summed E-state index contributed by atoms with van der Waals surface area (Å²) in [6, 6.07) is 15.3. The highest BCUT2D eigenvalue weighted by molar-refractivity contribution is 9.10. The maximum Gasteiger partial charge on any atom is 0.294 e. The van der Waals surface area contributed by atoms with Crippen LogP contribution in [0.3, 0.4) is 0 Å². The molecular formula is C19H12BrCl3N2O3. The van der Waals surface area contributed by atoms with Crippen LogP contribution in [0.1, 0.15) is 5.56 Å². The first-order valence-corrected chi connectivity index (χ1v) is 9.86. The lowest BCUT2D eigenvalue weighted by molar-refractivity contribution is -0.384. The van der Waals surface area contributed by atoms with Crippen molar-refractivity contribution < 1.29 is 9.66 Å². The van der Waals surface area contributed by atoms with Crippen molar-refractivity contribution in [1.82, 2.24) is 0 Å². The first kappa shape index (κ1) is 20.7. The van der Waals surface area contributed by atoms with Crippen molar-refractivity contribution >= 4 is 62.1 Å². The standard InChI is InChI=1S/C19H12BrCl3N2O3/c20-12-6-14(22)18(8-13(12)21)28-19-9-16(17(25(26)27)7-15(19)23)24-10-11-4-2-1-3-5-11/h1-9,24H,10H2. The number of nitrogens with zero attached hydrogens (tertiary/aromatic N) is 1. The Labute approximate surface area is 184 Å². The van der Waals surface area contributed by atoms with E-state index in [-0.39, 0.29) is 27.9 Å². The number of hydrogen-bond acceptors (Lipinski definition) is 4. The summed E-state index contributed by atoms with van der Waals surface area (Å²) in [5.74, 6) is 0.489. The van der Waals surface area contributed by atoms with Crippen molar-refractivity contribution in [2.75, 3.05) is 5.32 Å². The topological polar surface area (TPSA) is 64.4 Å². The van der Waals surface area contributed by atoms with Gasteiger partial charge in [-0.3, -0.25) is 10.1 Å². The summed E-state index contributed by atoms with van der Waals surface area (Å²) in [5.41, 5.74) is 1.08. The number of hydrogen-bond donors (Lipinski definition) is 1. The van der Waals surface area contributed by atoms with Gasteiger partial charge >= 0.3 is 0 Å². The van der Waals surface area contributed by atoms with Crippen LogP contribution in [0, 0.1) is 10.1 Å². The molecule has 144 valence electrons. The zero-order valence-corrected chi connectivity index (χ0v) is 17.9. The van der Waals surface area contributed by atoms with Gasteiger partial charge < -0.3 is 10.1 Å². The highest BCUT2D eigenvalue weighted by atomic mass is 79.9. The van der Waals surface area contributed by atoms with Crippen LogP contribution in [0.2, 0.25) is 15.1 Å². The molecule has 0 amide bonds. The van der Waals surface area contributed by atoms with Gasteiger partial charge in [-0.15, -0.1) is 0 Å². The van der Waals surface area contributed by atoms with Crippen LogP contribution >= 0.6 is 50.7 Å². The van der Waals surface area contributed by atoms with Crippen LogP contribution in [0.5, 0.6) is 11.5 Å². The summed E-state index contributed by atoms with van der Waals surface area (Å²) in [4.78, 5) is 10.9. The molecule has 0 aliphatic heterocycles. The Kier molecular flexibility index (Phi) is 6.67. The van der Waals surface area contributed by atoms with Crippen molar-refractivity contribution in [1.29, 1.82) is 0 Å². The Morgan fingerprint density at radius 3 is 2.29 bits per heavy atom. The summed E-state index contributed by atoms with van der Waals surface area (Å²) in [5, 5.41) is 15.3. The zero-order chi connectivity index (χ0) is 20.3. The number of nitro groups is 1. The quantitative estimate of drug-likeness (QED) is 0.213. The average molecular weight is 503 g/mol. The Bertz CT molecular complexity index is 1030. The molecule has 1 N–H and O–H groups in total. The molecule has 0 heterocycles. The molecule has 0 aliphatic carbocycles. The minimum Gasteiger partial charge on any atom is -0.454 e. The van der Waals surface area contributed by atoms with Crippen molar-refractivity contribution in [3.63, 3.8) is 0 Å². The summed E-state index contributed by atoms with van der Waals surface area (Å²) < 4.78 is 6.39. The van der Waals surface area contributed by atoms with Gasteiger partial charge in [-0.05, 0) is 27.6 Å². The molecule has 3 aromatic rings. The van der Waals surface area contributed by atoms with Gasteiger partial charge in [0.1, 0.15) is 17.2 Å². The SMILES string of the molecule is O=[N+]([O-])c1cc(Cl)c(Oc2cc(Cl)c(Br)cc2Cl)cc1NCc1ccccc1. The van der Waals surface area contributed by atoms with Gasteiger partial charge in [-0.1, -0.05) is 65.1 Å². The maximum absolute atomic E-state index is 11.4. The fourth-order valence-electron chi connectivity index (χ4n) is 2.41. The van der Waals surface area contributed by atoms with E-state index in [2.05, 4.69) is 21.2 Å². The summed E-state index contributed by atoms with van der Waals surface area (Å²) in [6.45, 7) is 0.396. The molecule has 0 fully saturated rings. The molecule has 0 saturated carbocycles. The first-order chi connectivity index (χ1) is 13.3. The van der Waals surface area contributed by atoms with E-state index in [9.17, 15) is 10.1 Å². The van der Waals surface area contributed by atoms with Crippen LogP contribution in [0.4, 0.5) is 11.4 Å². The van der Waals surface area contributed by atoms with E-state index in [1.807, 2.05) is 30.3 Å². The van der Waals surface area contributed by atoms with Crippen molar-refractivity contribution in [3.8, 4) is 11.5 Å². The molecule has 0 saturated heterocycles. The minimum atomic E-state index is -0.507. The second-order valence-corrected chi connectivity index (χ2v) is 7.77. The van der Waals surface area contributed by atoms with E-state index < -0.39 is 4.92 Å². The van der Waals surface area contributed by atoms with Crippen LogP contribution in [-0.4, -0.2) is 4.92 Å². The fourth-order valence-corrected chi connectivity index (χ4v) is 3.44. The molecule has 0 aliphatic rings. The number of rotatable bonds is 6. The third kappa shape index (κ3) is 4.89. The Balaban J connectivity index is 1.93. The molecule has 0 spiro atoms. The minimum absolute atomic E-state index is 0.0760. The fraction of sp³-hybridized carbons (Fsp3) is 0.0526. The third-order valence-corrected chi connectivity index (χ3v) is 5.56. The number of halogens is 4. The Morgan fingerprint density at radius 2 is 1.61 bits per heavy atom. The molecule has 0 atom stereocenters. The molecular weight excluding hydrogens is 490 g/mol. The highest BCUT2D eigenvalue weighted by Gasteiger charge is 2.20. The van der Waals surface area contributed by atoms with Gasteiger partial charge in [0.15, 0.2) is 0 Å². The maximum atomic E-state index is 11.4. The Morgan fingerprint density at radius 1 is 0.964 bits per heavy atom. The Hall–Kier alpha value is -1.99. The molecule has 0 bridgehead atoms. The van der Waals surface area contributed by atoms with Crippen LogP contribution in [0.15, 0.2) is 59.1 Å². The van der Waals surface area contributed by atoms with Gasteiger partial charge in [0.2, 0.25) is 0 Å². The second kappa shape index (κ2) is 9.01. The normalized spacial score (nSPS) is 10.6. The van der Waals surface area contributed by atoms with E-state index >= 15 is 0 Å². The zero-order valence-electron chi connectivity index (χ0n) is 14.1. The first-order valence-electron chi connectivity index (χ1n) is 7.93. The largest absolute Gasteiger partial charge is 0.454 e. The van der Waals surface area contributed by atoms with Crippen molar-refractivity contribution in [2.24, 2.45) is 0 Å². The van der Waals surface area contributed by atoms with Gasteiger partial charge in [-0.25, -0.2) is 0 Å². The third-order valence-electron chi connectivity index (χ3n) is 3.77. The summed E-state index contributed by atoms with van der Waals surface area (Å²) >= 11 is 21.7. The lowest BCUT2D eigenvalue weighted by atomic mass is 10.2. The van der Waals surface area contributed by atoms with Gasteiger partial charge in [-0.2, -0.15) is 0 Å². The molecule has 0 aromatic heterocycles. The lowest BCUT2D eigenvalue weighted by Crippen LogP contribution is -2.03. The van der Waals surface area contributed by atoms with Gasteiger partial charge in [0.05, 0.1) is 20.0 Å². The van der Waals surface area contributed by atoms with Gasteiger partial charge in [0.25, 0.3) is 5.69 Å². The highest BCUT2D eigenvalue weighted by Crippen LogP contribution is 2.41. The molecule has 9 heteroatoms. The van der Waals surface area contributed by atoms with Crippen LogP contribution in [-0.2, 0) is 6.54 Å². The van der Waals surface area contributed by atoms with E-state index in [0.717, 1.165) is 5.56 Å². The van der Waals surface area contributed by atoms with Gasteiger partial charge in [0, 0.05) is 29.2 Å². The molecule has 3 aromatic carbocycles. The molecule has 3 rings (SSSR count). The predicted molar refractivity (Wildman–Crippen MR) is 116 cm³/mol. The monoisotopic (exact) mass is 500 g/mol. The summed E-state index contributed by atoms with van der Waals surface area (Å²) in [6.07, 6.45) is 0. The number of ether oxygens (including phenoxy) is 1. The van der Waals surface area contributed by atoms with Crippen molar-refractivity contribution in [3.05, 3.63) is 89.8 Å². The van der Waals surface area contributed by atoms with Crippen molar-refractivity contribution in [2.45, 2.75) is 6.54 Å². The van der Waals surface area contributed by atoms with E-state index in [0.29, 0.717) is 21.1 Å². The predicted octanol–water partition coefficient (Wildman–Crippen LogP) is 7.72. The van der Waals surface area contributed by atoms with E-state index in [4.69, 9.17) is 39.5 Å². The average Bonchev–Trinajstić information content (AvgIpc) is 2.66. The van der Waals surface area contributed by atoms with E-state index in [1.54, 1.807) is 6.07 Å². The lowest BCUT2D eigenvalue weighted by Gasteiger charge is -2.13. The molecule has 0 radical (unpaired) electrons. The second-order valence-electron chi connectivity index (χ2n) is 5.69. The summed E-state index contributed by atoms with van der Waals surface area (Å²) in [7, 11) is 0. The van der Waals surface area contributed by atoms with E-state index in [1.165, 1.54) is 18.2 Å². The number of nitro benzene ring substituents is 1.